The van der Waals surface area contributed by atoms with Crippen molar-refractivity contribution in [3.63, 3.8) is 0 Å². The van der Waals surface area contributed by atoms with Crippen LogP contribution in [-0.4, -0.2) is 22.4 Å². The predicted molar refractivity (Wildman–Crippen MR) is 74.7 cm³/mol. The first-order chi connectivity index (χ1) is 9.23. The maximum Gasteiger partial charge on any atom is 0.234 e. The topological polar surface area (TPSA) is 83.8 Å². The fourth-order valence-electron chi connectivity index (χ4n) is 2.83. The van der Waals surface area contributed by atoms with Gasteiger partial charge in [0.2, 0.25) is 11.9 Å². The number of aromatic amines is 1. The fraction of sp³-hybridized carbons (Fsp3) is 0.429. The molecule has 1 fully saturated rings. The van der Waals surface area contributed by atoms with Gasteiger partial charge in [-0.3, -0.25) is 10.1 Å². The highest BCUT2D eigenvalue weighted by Crippen LogP contribution is 2.38. The molecule has 4 N–H and O–H groups in total. The van der Waals surface area contributed by atoms with Gasteiger partial charge in [0.05, 0.1) is 16.4 Å². The summed E-state index contributed by atoms with van der Waals surface area (Å²) in [7, 11) is 0. The number of nitrogens with zero attached hydrogens (tertiary/aromatic N) is 1. The fourth-order valence-corrected chi connectivity index (χ4v) is 2.83. The van der Waals surface area contributed by atoms with Crippen LogP contribution >= 0.6 is 0 Å². The number of benzene rings is 1. The zero-order chi connectivity index (χ0) is 13.3. The van der Waals surface area contributed by atoms with Crippen molar-refractivity contribution in [2.75, 3.05) is 11.9 Å². The molecule has 1 aromatic heterocycles. The maximum atomic E-state index is 12.4. The number of hydrogen-bond donors (Lipinski definition) is 3. The number of para-hydroxylation sites is 2. The summed E-state index contributed by atoms with van der Waals surface area (Å²) >= 11 is 0. The van der Waals surface area contributed by atoms with E-state index in [-0.39, 0.29) is 5.91 Å². The minimum Gasteiger partial charge on any atom is -0.329 e. The van der Waals surface area contributed by atoms with Gasteiger partial charge in [-0.2, -0.15) is 0 Å². The molecule has 0 aliphatic heterocycles. The van der Waals surface area contributed by atoms with Crippen molar-refractivity contribution in [3.05, 3.63) is 24.3 Å². The molecule has 1 amide bonds. The van der Waals surface area contributed by atoms with Gasteiger partial charge < -0.3 is 10.7 Å². The Morgan fingerprint density at radius 1 is 1.37 bits per heavy atom. The van der Waals surface area contributed by atoms with E-state index in [0.717, 1.165) is 36.7 Å². The number of nitrogens with two attached hydrogens (primary N) is 1. The minimum atomic E-state index is -0.404. The number of amides is 1. The molecule has 19 heavy (non-hydrogen) atoms. The van der Waals surface area contributed by atoms with E-state index >= 15 is 0 Å². The molecule has 100 valence electrons. The summed E-state index contributed by atoms with van der Waals surface area (Å²) in [4.78, 5) is 19.9. The van der Waals surface area contributed by atoms with E-state index in [4.69, 9.17) is 5.73 Å². The Labute approximate surface area is 111 Å². The largest absolute Gasteiger partial charge is 0.329 e. The lowest BCUT2D eigenvalue weighted by molar-refractivity contribution is -0.124. The SMILES string of the molecule is NCC1(C(=O)Nc2nc3ccccc3[nH]2)CCCC1. The number of carbonyl (C=O) groups excluding carboxylic acids is 1. The normalized spacial score (nSPS) is 17.7. The van der Waals surface area contributed by atoms with Crippen molar-refractivity contribution in [2.24, 2.45) is 11.1 Å². The number of nitrogens with one attached hydrogen (secondary N) is 2. The lowest BCUT2D eigenvalue weighted by Crippen LogP contribution is -2.40. The van der Waals surface area contributed by atoms with Crippen molar-refractivity contribution in [2.45, 2.75) is 25.7 Å². The molecule has 0 spiro atoms. The van der Waals surface area contributed by atoms with Gasteiger partial charge in [0.1, 0.15) is 0 Å². The van der Waals surface area contributed by atoms with Crippen LogP contribution < -0.4 is 11.1 Å². The number of imidazole rings is 1. The first-order valence-corrected chi connectivity index (χ1v) is 6.70. The molecule has 1 saturated carbocycles. The third-order valence-corrected chi connectivity index (χ3v) is 4.05. The van der Waals surface area contributed by atoms with Crippen molar-refractivity contribution in [1.29, 1.82) is 0 Å². The Hall–Kier alpha value is -1.88. The molecular formula is C14H18N4O. The average Bonchev–Trinajstić information content (AvgIpc) is 3.05. The van der Waals surface area contributed by atoms with E-state index in [1.807, 2.05) is 24.3 Å². The highest BCUT2D eigenvalue weighted by molar-refractivity contribution is 5.95. The molecule has 0 atom stereocenters. The standard InChI is InChI=1S/C14H18N4O/c15-9-14(7-3-4-8-14)12(19)18-13-16-10-5-1-2-6-11(10)17-13/h1-2,5-6H,3-4,7-9,15H2,(H2,16,17,18,19). The third kappa shape index (κ3) is 2.10. The predicted octanol–water partition coefficient (Wildman–Crippen LogP) is 2.02. The molecular weight excluding hydrogens is 240 g/mol. The van der Waals surface area contributed by atoms with E-state index in [0.29, 0.717) is 12.5 Å². The van der Waals surface area contributed by atoms with Crippen LogP contribution in [0.25, 0.3) is 11.0 Å². The summed E-state index contributed by atoms with van der Waals surface area (Å²) < 4.78 is 0. The van der Waals surface area contributed by atoms with Gasteiger partial charge in [-0.25, -0.2) is 4.98 Å². The Kier molecular flexibility index (Phi) is 2.98. The van der Waals surface area contributed by atoms with Crippen LogP contribution in [0.15, 0.2) is 24.3 Å². The van der Waals surface area contributed by atoms with E-state index < -0.39 is 5.41 Å². The number of H-pyrrole nitrogens is 1. The van der Waals surface area contributed by atoms with E-state index in [1.165, 1.54) is 0 Å². The van der Waals surface area contributed by atoms with Crippen LogP contribution in [0.3, 0.4) is 0 Å². The molecule has 0 unspecified atom stereocenters. The van der Waals surface area contributed by atoms with Gasteiger partial charge in [0.15, 0.2) is 0 Å². The molecule has 1 aliphatic rings. The van der Waals surface area contributed by atoms with E-state index in [1.54, 1.807) is 0 Å². The average molecular weight is 258 g/mol. The highest BCUT2D eigenvalue weighted by atomic mass is 16.2. The Balaban J connectivity index is 1.82. The molecule has 2 aromatic rings. The second-order valence-corrected chi connectivity index (χ2v) is 5.25. The van der Waals surface area contributed by atoms with Crippen molar-refractivity contribution < 1.29 is 4.79 Å². The van der Waals surface area contributed by atoms with Crippen molar-refractivity contribution in [3.8, 4) is 0 Å². The van der Waals surface area contributed by atoms with Gasteiger partial charge in [0.25, 0.3) is 0 Å². The molecule has 3 rings (SSSR count). The first kappa shape index (κ1) is 12.2. The van der Waals surface area contributed by atoms with Crippen LogP contribution in [0.1, 0.15) is 25.7 Å². The van der Waals surface area contributed by atoms with E-state index in [2.05, 4.69) is 15.3 Å². The molecule has 1 aromatic carbocycles. The molecule has 0 bridgehead atoms. The van der Waals surface area contributed by atoms with Crippen LogP contribution in [0, 0.1) is 5.41 Å². The minimum absolute atomic E-state index is 0.00782. The van der Waals surface area contributed by atoms with Gasteiger partial charge in [-0.05, 0) is 25.0 Å². The van der Waals surface area contributed by atoms with Crippen molar-refractivity contribution >= 4 is 22.9 Å². The summed E-state index contributed by atoms with van der Waals surface area (Å²) in [5.74, 6) is 0.498. The molecule has 0 saturated heterocycles. The van der Waals surface area contributed by atoms with Crippen LogP contribution in [0.4, 0.5) is 5.95 Å². The second kappa shape index (κ2) is 4.66. The summed E-state index contributed by atoms with van der Waals surface area (Å²) in [6.45, 7) is 0.402. The maximum absolute atomic E-state index is 12.4. The Morgan fingerprint density at radius 3 is 2.79 bits per heavy atom. The monoisotopic (exact) mass is 258 g/mol. The Morgan fingerprint density at radius 2 is 2.11 bits per heavy atom. The van der Waals surface area contributed by atoms with Crippen LogP contribution in [-0.2, 0) is 4.79 Å². The van der Waals surface area contributed by atoms with Crippen molar-refractivity contribution in [1.82, 2.24) is 9.97 Å². The molecule has 5 nitrogen and oxygen atoms in total. The molecule has 0 radical (unpaired) electrons. The molecule has 1 heterocycles. The summed E-state index contributed by atoms with van der Waals surface area (Å²) in [6, 6.07) is 7.71. The summed E-state index contributed by atoms with van der Waals surface area (Å²) in [5.41, 5.74) is 7.18. The highest BCUT2D eigenvalue weighted by Gasteiger charge is 2.40. The van der Waals surface area contributed by atoms with E-state index in [9.17, 15) is 4.79 Å². The van der Waals surface area contributed by atoms with Crippen LogP contribution in [0.2, 0.25) is 0 Å². The zero-order valence-corrected chi connectivity index (χ0v) is 10.8. The third-order valence-electron chi connectivity index (χ3n) is 4.05. The Bertz CT molecular complexity index is 565. The number of fused-ring (bicyclic) bond motifs is 1. The zero-order valence-electron chi connectivity index (χ0n) is 10.8. The summed E-state index contributed by atoms with van der Waals surface area (Å²) in [6.07, 6.45) is 3.89. The van der Waals surface area contributed by atoms with Crippen LogP contribution in [0.5, 0.6) is 0 Å². The second-order valence-electron chi connectivity index (χ2n) is 5.25. The summed E-state index contributed by atoms with van der Waals surface area (Å²) in [5, 5.41) is 2.88. The molecule has 5 heteroatoms. The first-order valence-electron chi connectivity index (χ1n) is 6.70. The number of carbonyl (C=O) groups is 1. The van der Waals surface area contributed by atoms with Gasteiger partial charge >= 0.3 is 0 Å². The lowest BCUT2D eigenvalue weighted by Gasteiger charge is -2.24. The van der Waals surface area contributed by atoms with Gasteiger partial charge in [-0.15, -0.1) is 0 Å². The van der Waals surface area contributed by atoms with Gasteiger partial charge in [-0.1, -0.05) is 25.0 Å². The number of anilines is 1. The quantitative estimate of drug-likeness (QED) is 0.787. The van der Waals surface area contributed by atoms with Gasteiger partial charge in [0, 0.05) is 6.54 Å². The lowest BCUT2D eigenvalue weighted by atomic mass is 9.85. The number of rotatable bonds is 3. The molecule has 1 aliphatic carbocycles. The smallest absolute Gasteiger partial charge is 0.234 e. The number of aromatic nitrogens is 2. The number of hydrogen-bond acceptors (Lipinski definition) is 3.